The molecule has 0 atom stereocenters. The van der Waals surface area contributed by atoms with Gasteiger partial charge in [-0.15, -0.1) is 0 Å². The lowest BCUT2D eigenvalue weighted by molar-refractivity contribution is -0.149. The second-order valence-corrected chi connectivity index (χ2v) is 8.83. The van der Waals surface area contributed by atoms with Crippen LogP contribution in [0.15, 0.2) is 54.9 Å². The van der Waals surface area contributed by atoms with Crippen LogP contribution in [0.4, 0.5) is 10.2 Å². The molecule has 0 bridgehead atoms. The molecule has 1 aliphatic rings. The van der Waals surface area contributed by atoms with Crippen LogP contribution < -0.4 is 4.90 Å². The normalized spacial score (nSPS) is 15.6. The molecule has 0 unspecified atom stereocenters. The molecule has 1 aromatic carbocycles. The van der Waals surface area contributed by atoms with Crippen molar-refractivity contribution >= 4 is 22.8 Å². The second kappa shape index (κ2) is 8.27. The molecule has 3 aromatic heterocycles. The third-order valence-electron chi connectivity index (χ3n) is 6.44. The number of pyridine rings is 2. The molecule has 7 nitrogen and oxygen atoms in total. The number of H-pyrrole nitrogens is 1. The first kappa shape index (κ1) is 21.1. The van der Waals surface area contributed by atoms with Crippen LogP contribution in [0.25, 0.3) is 22.3 Å². The Balaban J connectivity index is 1.25. The molecule has 33 heavy (non-hydrogen) atoms. The second-order valence-electron chi connectivity index (χ2n) is 8.83. The Kier molecular flexibility index (Phi) is 5.28. The molecule has 4 aromatic rings. The van der Waals surface area contributed by atoms with Crippen molar-refractivity contribution in [2.75, 3.05) is 18.0 Å². The highest BCUT2D eigenvalue weighted by Crippen LogP contribution is 2.33. The van der Waals surface area contributed by atoms with Crippen LogP contribution in [-0.2, 0) is 11.2 Å². The van der Waals surface area contributed by atoms with Crippen molar-refractivity contribution in [2.45, 2.75) is 26.2 Å². The minimum atomic E-state index is -0.728. The van der Waals surface area contributed by atoms with Crippen molar-refractivity contribution in [3.05, 3.63) is 72.1 Å². The summed E-state index contributed by atoms with van der Waals surface area (Å²) in [5.41, 5.74) is 3.50. The van der Waals surface area contributed by atoms with E-state index in [4.69, 9.17) is 0 Å². The number of aliphatic carboxylic acids is 1. The molecule has 0 amide bonds. The first-order valence-electron chi connectivity index (χ1n) is 10.9. The number of imidazole rings is 1. The summed E-state index contributed by atoms with van der Waals surface area (Å²) in [7, 11) is 0. The Morgan fingerprint density at radius 3 is 2.61 bits per heavy atom. The molecule has 5 rings (SSSR count). The van der Waals surface area contributed by atoms with Gasteiger partial charge >= 0.3 is 5.97 Å². The van der Waals surface area contributed by atoms with Crippen LogP contribution in [-0.4, -0.2) is 44.1 Å². The fraction of sp³-hybridized carbons (Fsp3) is 0.280. The summed E-state index contributed by atoms with van der Waals surface area (Å²) in [6.07, 6.45) is 5.40. The van der Waals surface area contributed by atoms with E-state index in [1.165, 1.54) is 12.1 Å². The number of anilines is 1. The van der Waals surface area contributed by atoms with Crippen LogP contribution in [0.2, 0.25) is 0 Å². The molecule has 1 saturated heterocycles. The van der Waals surface area contributed by atoms with Crippen LogP contribution >= 0.6 is 0 Å². The van der Waals surface area contributed by atoms with Crippen LogP contribution in [0.5, 0.6) is 0 Å². The van der Waals surface area contributed by atoms with Crippen molar-refractivity contribution < 1.29 is 14.3 Å². The molecular weight excluding hydrogens is 421 g/mol. The molecule has 0 radical (unpaired) electrons. The van der Waals surface area contributed by atoms with Gasteiger partial charge in [-0.05, 0) is 61.7 Å². The van der Waals surface area contributed by atoms with E-state index in [0.29, 0.717) is 37.9 Å². The molecule has 4 heterocycles. The number of rotatable bonds is 5. The van der Waals surface area contributed by atoms with Crippen molar-refractivity contribution in [1.82, 2.24) is 19.9 Å². The highest BCUT2D eigenvalue weighted by atomic mass is 19.1. The number of nitrogens with zero attached hydrogens (tertiary/aromatic N) is 4. The number of fused-ring (bicyclic) bond motifs is 1. The zero-order valence-corrected chi connectivity index (χ0v) is 18.3. The van der Waals surface area contributed by atoms with Crippen LogP contribution in [0.3, 0.4) is 0 Å². The third kappa shape index (κ3) is 4.28. The summed E-state index contributed by atoms with van der Waals surface area (Å²) in [4.78, 5) is 30.4. The van der Waals surface area contributed by atoms with E-state index in [1.54, 1.807) is 12.3 Å². The van der Waals surface area contributed by atoms with Gasteiger partial charge in [0, 0.05) is 37.5 Å². The summed E-state index contributed by atoms with van der Waals surface area (Å²) < 4.78 is 13.4. The highest BCUT2D eigenvalue weighted by molar-refractivity contribution is 5.75. The molecule has 0 aliphatic carbocycles. The third-order valence-corrected chi connectivity index (χ3v) is 6.44. The number of hydrogen-bond acceptors (Lipinski definition) is 5. The Morgan fingerprint density at radius 2 is 1.94 bits per heavy atom. The number of halogens is 1. The number of hydrogen-bond donors (Lipinski definition) is 2. The first-order valence-corrected chi connectivity index (χ1v) is 10.9. The minimum Gasteiger partial charge on any atom is -0.481 e. The zero-order valence-electron chi connectivity index (χ0n) is 18.3. The SMILES string of the molecule is CC1(C(=O)O)CCN(c2ccc(-c3ccc(Cc4nc5ccc(F)cc5[nH]4)cn3)cn2)CC1. The van der Waals surface area contributed by atoms with Gasteiger partial charge in [0.25, 0.3) is 0 Å². The maximum absolute atomic E-state index is 13.4. The van der Waals surface area contributed by atoms with E-state index >= 15 is 0 Å². The summed E-state index contributed by atoms with van der Waals surface area (Å²) in [5, 5.41) is 9.40. The zero-order chi connectivity index (χ0) is 23.0. The summed E-state index contributed by atoms with van der Waals surface area (Å²) >= 11 is 0. The van der Waals surface area contributed by atoms with Crippen molar-refractivity contribution in [2.24, 2.45) is 5.41 Å². The van der Waals surface area contributed by atoms with E-state index in [9.17, 15) is 14.3 Å². The first-order chi connectivity index (χ1) is 15.9. The smallest absolute Gasteiger partial charge is 0.309 e. The molecule has 2 N–H and O–H groups in total. The van der Waals surface area contributed by atoms with Gasteiger partial charge in [0.05, 0.1) is 22.1 Å². The predicted molar refractivity (Wildman–Crippen MR) is 124 cm³/mol. The average Bonchev–Trinajstić information content (AvgIpc) is 3.21. The summed E-state index contributed by atoms with van der Waals surface area (Å²) in [6, 6.07) is 12.4. The van der Waals surface area contributed by atoms with Crippen LogP contribution in [0, 0.1) is 11.2 Å². The van der Waals surface area contributed by atoms with Gasteiger partial charge in [-0.25, -0.2) is 14.4 Å². The Labute approximate surface area is 190 Å². The standard InChI is InChI=1S/C25H24FN5O2/c1-25(24(32)33)8-10-31(11-9-25)23-7-3-17(15-28-23)19-5-2-16(14-27-19)12-22-29-20-6-4-18(26)13-21(20)30-22/h2-7,13-15H,8-12H2,1H3,(H,29,30)(H,32,33). The predicted octanol–water partition coefficient (Wildman–Crippen LogP) is 4.44. The maximum atomic E-state index is 13.4. The number of carbonyl (C=O) groups is 1. The largest absolute Gasteiger partial charge is 0.481 e. The molecular formula is C25H24FN5O2. The van der Waals surface area contributed by atoms with Crippen molar-refractivity contribution in [3.63, 3.8) is 0 Å². The number of piperidine rings is 1. The number of aromatic amines is 1. The lowest BCUT2D eigenvalue weighted by atomic mass is 9.80. The van der Waals surface area contributed by atoms with Gasteiger partial charge < -0.3 is 15.0 Å². The maximum Gasteiger partial charge on any atom is 0.309 e. The molecule has 0 spiro atoms. The van der Waals surface area contributed by atoms with Gasteiger partial charge in [-0.3, -0.25) is 9.78 Å². The summed E-state index contributed by atoms with van der Waals surface area (Å²) in [6.45, 7) is 3.17. The Morgan fingerprint density at radius 1 is 1.12 bits per heavy atom. The van der Waals surface area contributed by atoms with E-state index in [0.717, 1.165) is 34.0 Å². The minimum absolute atomic E-state index is 0.289. The fourth-order valence-electron chi connectivity index (χ4n) is 4.18. The molecule has 8 heteroatoms. The Bertz CT molecular complexity index is 1290. The molecule has 1 fully saturated rings. The number of carboxylic acid groups (broad SMARTS) is 1. The van der Waals surface area contributed by atoms with Crippen molar-refractivity contribution in [3.8, 4) is 11.3 Å². The average molecular weight is 445 g/mol. The van der Waals surface area contributed by atoms with Crippen molar-refractivity contribution in [1.29, 1.82) is 0 Å². The van der Waals surface area contributed by atoms with Gasteiger partial charge in [0.15, 0.2) is 0 Å². The van der Waals surface area contributed by atoms with E-state index < -0.39 is 11.4 Å². The van der Waals surface area contributed by atoms with Gasteiger partial charge in [-0.2, -0.15) is 0 Å². The number of carboxylic acids is 1. The van der Waals surface area contributed by atoms with Gasteiger partial charge in [-0.1, -0.05) is 6.07 Å². The van der Waals surface area contributed by atoms with E-state index in [-0.39, 0.29) is 5.82 Å². The number of aromatic nitrogens is 4. The summed E-state index contributed by atoms with van der Waals surface area (Å²) in [5.74, 6) is 0.595. The lowest BCUT2D eigenvalue weighted by Gasteiger charge is -2.37. The topological polar surface area (TPSA) is 95.0 Å². The van der Waals surface area contributed by atoms with Crippen LogP contribution in [0.1, 0.15) is 31.2 Å². The number of benzene rings is 1. The Hall–Kier alpha value is -3.81. The van der Waals surface area contributed by atoms with E-state index in [1.807, 2.05) is 37.4 Å². The van der Waals surface area contributed by atoms with Gasteiger partial charge in [0.2, 0.25) is 0 Å². The molecule has 168 valence electrons. The monoisotopic (exact) mass is 445 g/mol. The number of nitrogens with one attached hydrogen (secondary N) is 1. The van der Waals surface area contributed by atoms with E-state index in [2.05, 4.69) is 24.8 Å². The molecule has 0 saturated carbocycles. The fourth-order valence-corrected chi connectivity index (χ4v) is 4.18. The molecule has 1 aliphatic heterocycles. The quantitative estimate of drug-likeness (QED) is 0.472. The highest BCUT2D eigenvalue weighted by Gasteiger charge is 2.37. The van der Waals surface area contributed by atoms with Gasteiger partial charge in [0.1, 0.15) is 17.5 Å². The lowest BCUT2D eigenvalue weighted by Crippen LogP contribution is -2.43.